The van der Waals surface area contributed by atoms with E-state index in [1.54, 1.807) is 6.08 Å². The molecule has 0 aromatic carbocycles. The zero-order valence-corrected chi connectivity index (χ0v) is 31.0. The highest BCUT2D eigenvalue weighted by atomic mass is 33.1. The van der Waals surface area contributed by atoms with Crippen LogP contribution in [0.5, 0.6) is 0 Å². The largest absolute Gasteiger partial charge is 0.462 e. The molecule has 0 radical (unpaired) electrons. The number of fused-ring (bicyclic) bond motifs is 7. The molecule has 0 aromatic heterocycles. The van der Waals surface area contributed by atoms with Crippen molar-refractivity contribution in [2.75, 3.05) is 31.2 Å². The lowest BCUT2D eigenvalue weighted by atomic mass is 9.56. The van der Waals surface area contributed by atoms with Gasteiger partial charge in [-0.25, -0.2) is 4.79 Å². The maximum atomic E-state index is 14.1. The highest BCUT2D eigenvalue weighted by Gasteiger charge is 2.68. The molecular weight excluding hydrogens is 663 g/mol. The third-order valence-corrected chi connectivity index (χ3v) is 15.8. The average molecular weight is 719 g/mol. The summed E-state index contributed by atoms with van der Waals surface area (Å²) in [5.74, 6) is 2.67. The molecule has 272 valence electrons. The number of quaternary nitrogens is 1. The molecule has 49 heavy (non-hydrogen) atoms. The third kappa shape index (κ3) is 6.53. The maximum absolute atomic E-state index is 14.1. The first-order chi connectivity index (χ1) is 23.6. The molecule has 1 amide bonds. The first kappa shape index (κ1) is 35.8. The summed E-state index contributed by atoms with van der Waals surface area (Å²) in [4.78, 5) is 42.4. The number of carbonyl (C=O) groups excluding carboxylic acids is 3. The smallest absolute Gasteiger partial charge is 0.334 e. The molecule has 6 fully saturated rings. The number of nitrogens with two attached hydrogens (primary N) is 2. The van der Waals surface area contributed by atoms with Gasteiger partial charge in [0, 0.05) is 86.6 Å². The molecule has 7 aliphatic rings. The summed E-state index contributed by atoms with van der Waals surface area (Å²) in [5.41, 5.74) is 6.71. The van der Waals surface area contributed by atoms with E-state index in [1.807, 2.05) is 28.5 Å². The highest BCUT2D eigenvalue weighted by Crippen LogP contribution is 2.62. The number of amides is 1. The maximum Gasteiger partial charge on any atom is 0.334 e. The fourth-order valence-corrected chi connectivity index (χ4v) is 13.2. The van der Waals surface area contributed by atoms with Gasteiger partial charge in [0.05, 0.1) is 12.6 Å². The van der Waals surface area contributed by atoms with Crippen molar-refractivity contribution in [2.45, 2.75) is 121 Å². The minimum Gasteiger partial charge on any atom is -0.462 e. The van der Waals surface area contributed by atoms with E-state index in [9.17, 15) is 19.5 Å². The number of allylic oxidation sites excluding steroid dienone is 1. The fourth-order valence-electron chi connectivity index (χ4n) is 10.7. The standard InChI is InChI=1S/C37H55N3O7S2/c1-4-21(9-11-41)35(44)47-36(3)10-8-24-19-48-49-20-28-22(5-2)18-40(28)32(42)13-26-17-39-31(38)14-27(26)34(24)37(36)16-25-12-23-6-7-33(43)45-29(23)15-30(25)46-37/h4,8,22-23,25-31,34,39,41H,5-7,9-20,38H2,1-3H3/p+1. The number of hydrogen-bond acceptors (Lipinski definition) is 10. The number of esters is 2. The Hall–Kier alpha value is -1.57. The van der Waals surface area contributed by atoms with E-state index in [2.05, 4.69) is 30.1 Å². The van der Waals surface area contributed by atoms with Crippen LogP contribution in [0, 0.1) is 35.5 Å². The molecule has 0 aromatic rings. The van der Waals surface area contributed by atoms with Crippen LogP contribution < -0.4 is 11.1 Å². The number of nitrogens with zero attached hydrogens (tertiary/aromatic N) is 1. The second-order valence-electron chi connectivity index (χ2n) is 16.0. The van der Waals surface area contributed by atoms with Gasteiger partial charge in [0.2, 0.25) is 5.91 Å². The monoisotopic (exact) mass is 718 g/mol. The first-order valence-corrected chi connectivity index (χ1v) is 21.3. The highest BCUT2D eigenvalue weighted by molar-refractivity contribution is 8.76. The minimum atomic E-state index is -0.993. The van der Waals surface area contributed by atoms with Gasteiger partial charge in [-0.15, -0.1) is 0 Å². The van der Waals surface area contributed by atoms with Gasteiger partial charge in [-0.05, 0) is 63.2 Å². The van der Waals surface area contributed by atoms with Gasteiger partial charge in [0.25, 0.3) is 0 Å². The van der Waals surface area contributed by atoms with Crippen LogP contribution in [0.1, 0.15) is 85.0 Å². The van der Waals surface area contributed by atoms with E-state index in [0.717, 1.165) is 56.7 Å². The topological polar surface area (TPSA) is 145 Å². The van der Waals surface area contributed by atoms with Crippen molar-refractivity contribution >= 4 is 39.4 Å². The summed E-state index contributed by atoms with van der Waals surface area (Å²) in [6.07, 6.45) is 10.4. The molecule has 7 rings (SSSR count). The summed E-state index contributed by atoms with van der Waals surface area (Å²) < 4.78 is 20.1. The Labute approximate surface area is 298 Å². The predicted molar refractivity (Wildman–Crippen MR) is 189 cm³/mol. The number of rotatable bonds is 5. The molecular formula is C37H56N3O7S2+. The molecule has 0 bridgehead atoms. The molecule has 12 heteroatoms. The van der Waals surface area contributed by atoms with Crippen LogP contribution in [0.3, 0.4) is 0 Å². The van der Waals surface area contributed by atoms with Crippen LogP contribution in [0.15, 0.2) is 23.3 Å². The van der Waals surface area contributed by atoms with Crippen molar-refractivity contribution in [2.24, 2.45) is 41.2 Å². The molecule has 12 unspecified atom stereocenters. The molecule has 5 aliphatic heterocycles. The average Bonchev–Trinajstić information content (AvgIpc) is 3.43. The van der Waals surface area contributed by atoms with E-state index in [1.165, 1.54) is 5.57 Å². The second kappa shape index (κ2) is 14.5. The molecule has 1 saturated carbocycles. The number of piperidine rings is 1. The Bertz CT molecular complexity index is 1360. The Morgan fingerprint density at radius 1 is 1.20 bits per heavy atom. The van der Waals surface area contributed by atoms with Gasteiger partial charge in [-0.1, -0.05) is 46.2 Å². The Morgan fingerprint density at radius 2 is 2.04 bits per heavy atom. The van der Waals surface area contributed by atoms with Crippen molar-refractivity contribution in [1.29, 1.82) is 0 Å². The van der Waals surface area contributed by atoms with E-state index in [-0.39, 0.29) is 66.9 Å². The van der Waals surface area contributed by atoms with Gasteiger partial charge in [0.15, 0.2) is 0 Å². The van der Waals surface area contributed by atoms with Crippen molar-refractivity contribution in [3.63, 3.8) is 0 Å². The predicted octanol–water partition coefficient (Wildman–Crippen LogP) is 3.33. The van der Waals surface area contributed by atoms with Crippen molar-refractivity contribution < 1.29 is 39.0 Å². The Morgan fingerprint density at radius 3 is 2.82 bits per heavy atom. The number of carbonyl (C=O) groups is 3. The third-order valence-electron chi connectivity index (χ3n) is 13.4. The summed E-state index contributed by atoms with van der Waals surface area (Å²) in [6.45, 7) is 7.58. The summed E-state index contributed by atoms with van der Waals surface area (Å²) in [5, 5.41) is 11.9. The molecule has 5 saturated heterocycles. The Balaban J connectivity index is 1.29. The van der Waals surface area contributed by atoms with Gasteiger partial charge in [-0.2, -0.15) is 0 Å². The summed E-state index contributed by atoms with van der Waals surface area (Å²) >= 11 is 0. The number of aliphatic hydroxyl groups excluding tert-OH is 1. The Kier molecular flexibility index (Phi) is 10.6. The quantitative estimate of drug-likeness (QED) is 0.168. The van der Waals surface area contributed by atoms with E-state index in [4.69, 9.17) is 19.9 Å². The second-order valence-corrected chi connectivity index (χ2v) is 18.5. The zero-order chi connectivity index (χ0) is 34.5. The minimum absolute atomic E-state index is 0.0686. The van der Waals surface area contributed by atoms with Crippen LogP contribution in [-0.4, -0.2) is 94.7 Å². The lowest BCUT2D eigenvalue weighted by Crippen LogP contribution is -2.96. The number of aliphatic hydroxyl groups is 1. The van der Waals surface area contributed by atoms with Crippen LogP contribution in [0.4, 0.5) is 0 Å². The fraction of sp³-hybridized carbons (Fsp3) is 0.811. The number of hydrogen-bond donors (Lipinski definition) is 3. The van der Waals surface area contributed by atoms with Gasteiger partial charge in [-0.3, -0.25) is 15.3 Å². The van der Waals surface area contributed by atoms with Gasteiger partial charge >= 0.3 is 11.9 Å². The van der Waals surface area contributed by atoms with Crippen molar-refractivity contribution in [3.8, 4) is 0 Å². The van der Waals surface area contributed by atoms with Crippen LogP contribution in [-0.2, 0) is 28.6 Å². The molecule has 10 nitrogen and oxygen atoms in total. The normalized spacial score (nSPS) is 44.1. The summed E-state index contributed by atoms with van der Waals surface area (Å²) in [7, 11) is 3.74. The molecule has 1 spiro atoms. The molecule has 12 atom stereocenters. The van der Waals surface area contributed by atoms with Crippen molar-refractivity contribution in [1.82, 2.24) is 4.90 Å². The van der Waals surface area contributed by atoms with Crippen LogP contribution >= 0.6 is 21.6 Å². The van der Waals surface area contributed by atoms with Crippen molar-refractivity contribution in [3.05, 3.63) is 23.3 Å². The lowest BCUT2D eigenvalue weighted by Gasteiger charge is -2.56. The molecule has 5 heterocycles. The first-order valence-electron chi connectivity index (χ1n) is 18.8. The lowest BCUT2D eigenvalue weighted by molar-refractivity contribution is -0.706. The summed E-state index contributed by atoms with van der Waals surface area (Å²) in [6, 6.07) is 0.298. The molecule has 2 aliphatic carbocycles. The number of ether oxygens (including phenoxy) is 3. The van der Waals surface area contributed by atoms with Gasteiger partial charge in [0.1, 0.15) is 23.5 Å². The van der Waals surface area contributed by atoms with E-state index < -0.39 is 17.2 Å². The van der Waals surface area contributed by atoms with E-state index >= 15 is 0 Å². The van der Waals surface area contributed by atoms with E-state index in [0.29, 0.717) is 49.1 Å². The zero-order valence-electron chi connectivity index (χ0n) is 29.3. The van der Waals surface area contributed by atoms with Crippen LogP contribution in [0.25, 0.3) is 0 Å². The van der Waals surface area contributed by atoms with Crippen LogP contribution in [0.2, 0.25) is 0 Å². The molecule has 5 N–H and O–H groups in total. The SMILES string of the molecule is CC=C(CCO)C(=O)OC1(C)CC=C2CSSCC3C(CC)CN3C(=O)CC3C[NH2+]C(N)CC3C2C12CC1CC3CCC(=O)OC3CC1O2. The van der Waals surface area contributed by atoms with Gasteiger partial charge < -0.3 is 29.5 Å².